The monoisotopic (exact) mass is 340 g/mol. The molecule has 4 heteroatoms. The highest BCUT2D eigenvalue weighted by molar-refractivity contribution is 7.57. The van der Waals surface area contributed by atoms with Crippen molar-refractivity contribution in [2.75, 3.05) is 18.5 Å². The Morgan fingerprint density at radius 2 is 0.789 bits per heavy atom. The molecule has 0 radical (unpaired) electrons. The molecule has 0 nitrogen and oxygen atoms in total. The van der Waals surface area contributed by atoms with Gasteiger partial charge in [0.25, 0.3) is 0 Å². The number of rotatable bonds is 9. The van der Waals surface area contributed by atoms with Gasteiger partial charge in [-0.3, -0.25) is 0 Å². The largest absolute Gasteiger partial charge is 0.132 e. The zero-order valence-corrected chi connectivity index (χ0v) is 18.3. The summed E-state index contributed by atoms with van der Waals surface area (Å²) >= 11 is 0. The molecule has 0 bridgehead atoms. The van der Waals surface area contributed by atoms with Crippen LogP contribution in [-0.2, 0) is 0 Å². The quantitative estimate of drug-likeness (QED) is 0.479. The summed E-state index contributed by atoms with van der Waals surface area (Å²) in [6, 6.07) is 0. The van der Waals surface area contributed by atoms with Crippen LogP contribution in [0.25, 0.3) is 0 Å². The van der Waals surface area contributed by atoms with E-state index < -0.39 is 0 Å². The van der Waals surface area contributed by atoms with Gasteiger partial charge in [0.15, 0.2) is 0 Å². The average molecular weight is 340 g/mol. The van der Waals surface area contributed by atoms with E-state index >= 15 is 0 Å². The molecule has 0 saturated carbocycles. The van der Waals surface area contributed by atoms with E-state index in [1.807, 2.05) is 0 Å². The molecule has 3 atom stereocenters. The van der Waals surface area contributed by atoms with Crippen LogP contribution in [0.2, 0.25) is 0 Å². The Hall–Kier alpha value is 1.72. The van der Waals surface area contributed by atoms with E-state index in [1.54, 1.807) is 0 Å². The fourth-order valence-electron chi connectivity index (χ4n) is 1.67. The van der Waals surface area contributed by atoms with E-state index in [0.717, 1.165) is 0 Å². The topological polar surface area (TPSA) is 0 Å². The average Bonchev–Trinajstić information content (AvgIpc) is 2.11. The Balaban J connectivity index is 4.30. The Morgan fingerprint density at radius 1 is 0.579 bits per heavy atom. The predicted octanol–water partition coefficient (Wildman–Crippen LogP) is 5.60. The molecule has 0 aliphatic heterocycles. The Bertz CT molecular complexity index is 200. The van der Waals surface area contributed by atoms with E-state index in [0.29, 0.717) is 15.5 Å². The van der Waals surface area contributed by atoms with Crippen molar-refractivity contribution in [2.45, 2.75) is 76.3 Å². The predicted molar refractivity (Wildman–Crippen MR) is 107 cm³/mol. The molecule has 0 aliphatic carbocycles. The first-order valence-corrected chi connectivity index (χ1v) is 11.0. The van der Waals surface area contributed by atoms with Gasteiger partial charge in [0.05, 0.1) is 0 Å². The molecule has 0 spiro atoms. The van der Waals surface area contributed by atoms with Crippen LogP contribution in [0.5, 0.6) is 0 Å². The summed E-state index contributed by atoms with van der Waals surface area (Å²) in [5.41, 5.74) is 0. The second kappa shape index (κ2) is 8.38. The van der Waals surface area contributed by atoms with Crippen LogP contribution in [-0.4, -0.2) is 34.0 Å². The standard InChI is InChI=1S/C15H36P4/c1-13(2,16)7-10-19(11-8-14(3,4)17)12-9-15(5,6)18/h7-12,16-18H2,1-6H3. The van der Waals surface area contributed by atoms with Crippen LogP contribution in [0.4, 0.5) is 0 Å². The molecule has 0 N–H and O–H groups in total. The summed E-state index contributed by atoms with van der Waals surface area (Å²) in [6.07, 6.45) is 8.35. The molecule has 0 heterocycles. The summed E-state index contributed by atoms with van der Waals surface area (Å²) in [5, 5.41) is 1.23. The third kappa shape index (κ3) is 15.9. The molecule has 0 aromatic rings. The molecule has 0 aromatic heterocycles. The van der Waals surface area contributed by atoms with Gasteiger partial charge < -0.3 is 0 Å². The van der Waals surface area contributed by atoms with Crippen molar-refractivity contribution in [3.63, 3.8) is 0 Å². The molecular weight excluding hydrogens is 304 g/mol. The van der Waals surface area contributed by atoms with E-state index in [2.05, 4.69) is 69.3 Å². The lowest BCUT2D eigenvalue weighted by Gasteiger charge is -2.28. The van der Waals surface area contributed by atoms with Crippen LogP contribution in [0.3, 0.4) is 0 Å². The van der Waals surface area contributed by atoms with Gasteiger partial charge in [-0.2, -0.15) is 0 Å². The molecule has 19 heavy (non-hydrogen) atoms. The van der Waals surface area contributed by atoms with Gasteiger partial charge in [-0.25, -0.2) is 0 Å². The van der Waals surface area contributed by atoms with Gasteiger partial charge in [-0.1, -0.05) is 41.5 Å². The van der Waals surface area contributed by atoms with E-state index in [4.69, 9.17) is 0 Å². The van der Waals surface area contributed by atoms with Crippen LogP contribution in [0.15, 0.2) is 0 Å². The molecule has 116 valence electrons. The van der Waals surface area contributed by atoms with Gasteiger partial charge in [-0.05, 0) is 53.2 Å². The van der Waals surface area contributed by atoms with Crippen molar-refractivity contribution in [1.82, 2.24) is 0 Å². The van der Waals surface area contributed by atoms with Crippen molar-refractivity contribution >= 4 is 35.6 Å². The molecule has 0 aromatic carbocycles. The van der Waals surface area contributed by atoms with Gasteiger partial charge in [0.2, 0.25) is 0 Å². The highest BCUT2D eigenvalue weighted by Gasteiger charge is 2.20. The van der Waals surface area contributed by atoms with Crippen molar-refractivity contribution in [2.24, 2.45) is 0 Å². The summed E-state index contributed by atoms with van der Waals surface area (Å²) in [4.78, 5) is 0. The molecule has 0 aliphatic rings. The molecule has 0 rings (SSSR count). The first kappa shape index (κ1) is 20.7. The third-order valence-electron chi connectivity index (χ3n) is 3.22. The Morgan fingerprint density at radius 3 is 0.947 bits per heavy atom. The first-order chi connectivity index (χ1) is 8.29. The van der Waals surface area contributed by atoms with E-state index in [9.17, 15) is 0 Å². The summed E-state index contributed by atoms with van der Waals surface area (Å²) in [7, 11) is 9.22. The number of hydrogen-bond donors (Lipinski definition) is 0. The minimum absolute atomic E-state index is 0.206. The highest BCUT2D eigenvalue weighted by atomic mass is 31.1. The van der Waals surface area contributed by atoms with Crippen molar-refractivity contribution < 1.29 is 0 Å². The van der Waals surface area contributed by atoms with E-state index in [-0.39, 0.29) is 7.92 Å². The lowest BCUT2D eigenvalue weighted by atomic mass is 10.1. The smallest absolute Gasteiger partial charge is 0.0203 e. The van der Waals surface area contributed by atoms with Crippen molar-refractivity contribution in [1.29, 1.82) is 0 Å². The summed E-state index contributed by atoms with van der Waals surface area (Å²) < 4.78 is 0. The lowest BCUT2D eigenvalue weighted by Crippen LogP contribution is -2.17. The molecular formula is C15H36P4. The maximum absolute atomic E-state index is 3.00. The minimum atomic E-state index is 0.206. The zero-order chi connectivity index (χ0) is 15.3. The van der Waals surface area contributed by atoms with Crippen LogP contribution >= 0.6 is 35.6 Å². The fraction of sp³-hybridized carbons (Fsp3) is 1.00. The van der Waals surface area contributed by atoms with Crippen molar-refractivity contribution in [3.8, 4) is 0 Å². The third-order valence-corrected chi connectivity index (χ3v) is 6.65. The fourth-order valence-corrected chi connectivity index (χ4v) is 6.18. The maximum Gasteiger partial charge on any atom is -0.0203 e. The van der Waals surface area contributed by atoms with Gasteiger partial charge in [0, 0.05) is 0 Å². The van der Waals surface area contributed by atoms with Gasteiger partial charge in [0.1, 0.15) is 0 Å². The highest BCUT2D eigenvalue weighted by Crippen LogP contribution is 2.44. The maximum atomic E-state index is 3.00. The normalized spacial score (nSPS) is 14.2. The van der Waals surface area contributed by atoms with E-state index in [1.165, 1.54) is 37.7 Å². The second-order valence-electron chi connectivity index (χ2n) is 8.06. The molecule has 0 saturated heterocycles. The SMILES string of the molecule is CC(C)(P)CCP(CCC(C)(C)P)CCC(C)(C)P. The van der Waals surface area contributed by atoms with Crippen molar-refractivity contribution in [3.05, 3.63) is 0 Å². The second-order valence-corrected chi connectivity index (χ2v) is 15.4. The van der Waals surface area contributed by atoms with Gasteiger partial charge >= 0.3 is 0 Å². The van der Waals surface area contributed by atoms with Crippen LogP contribution < -0.4 is 0 Å². The molecule has 3 unspecified atom stereocenters. The summed E-state index contributed by atoms with van der Waals surface area (Å²) in [5.74, 6) is 0. The Labute approximate surface area is 130 Å². The molecule has 0 fully saturated rings. The lowest BCUT2D eigenvalue weighted by molar-refractivity contribution is 0.665. The molecule has 0 amide bonds. The Kier molecular flexibility index (Phi) is 9.14. The van der Waals surface area contributed by atoms with Crippen LogP contribution in [0.1, 0.15) is 60.8 Å². The summed E-state index contributed by atoms with van der Waals surface area (Å²) in [6.45, 7) is 14.0. The number of hydrogen-bond acceptors (Lipinski definition) is 0. The van der Waals surface area contributed by atoms with Gasteiger partial charge in [-0.15, -0.1) is 35.6 Å². The minimum Gasteiger partial charge on any atom is -0.132 e. The van der Waals surface area contributed by atoms with Crippen LogP contribution in [0, 0.1) is 0 Å². The zero-order valence-electron chi connectivity index (χ0n) is 13.9. The first-order valence-electron chi connectivity index (χ1n) is 7.38.